The van der Waals surface area contributed by atoms with Crippen molar-refractivity contribution < 1.29 is 4.79 Å². The lowest BCUT2D eigenvalue weighted by Gasteiger charge is -2.11. The van der Waals surface area contributed by atoms with Gasteiger partial charge in [-0.15, -0.1) is 0 Å². The molecule has 1 fully saturated rings. The molecular formula is C12H14N2O. The zero-order valence-corrected chi connectivity index (χ0v) is 8.49. The van der Waals surface area contributed by atoms with Gasteiger partial charge in [-0.3, -0.25) is 4.79 Å². The molecule has 1 unspecified atom stereocenters. The topological polar surface area (TPSA) is 55.1 Å². The summed E-state index contributed by atoms with van der Waals surface area (Å²) in [5.41, 5.74) is 9.34. The highest BCUT2D eigenvalue weighted by molar-refractivity contribution is 5.99. The van der Waals surface area contributed by atoms with Crippen molar-refractivity contribution in [3.05, 3.63) is 29.3 Å². The standard InChI is InChI=1S/C12H14N2O/c13-12(7-1-2-7)8-3-4-10-9(5-8)6-11(15)14-10/h3-5,7,12H,1-2,6,13H2,(H,14,15). The van der Waals surface area contributed by atoms with Crippen molar-refractivity contribution >= 4 is 11.6 Å². The molecule has 3 rings (SSSR count). The first kappa shape index (κ1) is 8.92. The molecule has 0 bridgehead atoms. The van der Waals surface area contributed by atoms with Crippen molar-refractivity contribution in [1.82, 2.24) is 0 Å². The van der Waals surface area contributed by atoms with E-state index in [1.807, 2.05) is 12.1 Å². The SMILES string of the molecule is NC(c1ccc2c(c1)CC(=O)N2)C1CC1. The number of benzene rings is 1. The largest absolute Gasteiger partial charge is 0.326 e. The van der Waals surface area contributed by atoms with Crippen LogP contribution in [0.15, 0.2) is 18.2 Å². The molecule has 1 aliphatic heterocycles. The minimum Gasteiger partial charge on any atom is -0.326 e. The second-order valence-corrected chi connectivity index (χ2v) is 4.50. The zero-order valence-electron chi connectivity index (χ0n) is 8.49. The van der Waals surface area contributed by atoms with Crippen LogP contribution in [0.3, 0.4) is 0 Å². The predicted octanol–water partition coefficient (Wildman–Crippen LogP) is 1.59. The number of nitrogens with two attached hydrogens (primary N) is 1. The van der Waals surface area contributed by atoms with E-state index in [0.717, 1.165) is 11.3 Å². The number of amides is 1. The van der Waals surface area contributed by atoms with Crippen LogP contribution in [0, 0.1) is 5.92 Å². The van der Waals surface area contributed by atoms with Crippen LogP contribution in [0.1, 0.15) is 30.0 Å². The summed E-state index contributed by atoms with van der Waals surface area (Å²) in [6.45, 7) is 0. The van der Waals surface area contributed by atoms with Crippen molar-refractivity contribution in [3.8, 4) is 0 Å². The average molecular weight is 202 g/mol. The molecule has 1 amide bonds. The molecule has 1 atom stereocenters. The number of nitrogens with one attached hydrogen (secondary N) is 1. The van der Waals surface area contributed by atoms with E-state index in [2.05, 4.69) is 11.4 Å². The first-order valence-electron chi connectivity index (χ1n) is 5.42. The Morgan fingerprint density at radius 1 is 1.40 bits per heavy atom. The predicted molar refractivity (Wildman–Crippen MR) is 58.4 cm³/mol. The number of carbonyl (C=O) groups is 1. The average Bonchev–Trinajstić information content (AvgIpc) is 2.98. The monoisotopic (exact) mass is 202 g/mol. The normalized spacial score (nSPS) is 21.0. The summed E-state index contributed by atoms with van der Waals surface area (Å²) in [7, 11) is 0. The van der Waals surface area contributed by atoms with Gasteiger partial charge in [-0.05, 0) is 36.0 Å². The minimum absolute atomic E-state index is 0.0853. The van der Waals surface area contributed by atoms with Crippen molar-refractivity contribution in [1.29, 1.82) is 0 Å². The molecule has 15 heavy (non-hydrogen) atoms. The van der Waals surface area contributed by atoms with Gasteiger partial charge in [0, 0.05) is 11.7 Å². The van der Waals surface area contributed by atoms with Gasteiger partial charge in [-0.1, -0.05) is 12.1 Å². The second-order valence-electron chi connectivity index (χ2n) is 4.50. The third-order valence-corrected chi connectivity index (χ3v) is 3.27. The summed E-state index contributed by atoms with van der Waals surface area (Å²) < 4.78 is 0. The minimum atomic E-state index is 0.0853. The molecule has 3 N–H and O–H groups in total. The molecular weight excluding hydrogens is 188 g/mol. The molecule has 0 radical (unpaired) electrons. The molecule has 0 spiro atoms. The van der Waals surface area contributed by atoms with Crippen molar-refractivity contribution in [3.63, 3.8) is 0 Å². The number of hydrogen-bond acceptors (Lipinski definition) is 2. The Hall–Kier alpha value is -1.35. The highest BCUT2D eigenvalue weighted by Gasteiger charge is 2.30. The first-order valence-corrected chi connectivity index (χ1v) is 5.42. The molecule has 1 aliphatic carbocycles. The van der Waals surface area contributed by atoms with Gasteiger partial charge in [-0.25, -0.2) is 0 Å². The molecule has 78 valence electrons. The summed E-state index contributed by atoms with van der Waals surface area (Å²) in [6.07, 6.45) is 2.99. The van der Waals surface area contributed by atoms with Crippen LogP contribution in [-0.2, 0) is 11.2 Å². The number of hydrogen-bond donors (Lipinski definition) is 2. The second kappa shape index (κ2) is 3.07. The third-order valence-electron chi connectivity index (χ3n) is 3.27. The fraction of sp³-hybridized carbons (Fsp3) is 0.417. The van der Waals surface area contributed by atoms with Gasteiger partial charge in [0.05, 0.1) is 6.42 Å². The van der Waals surface area contributed by atoms with Crippen LogP contribution < -0.4 is 11.1 Å². The quantitative estimate of drug-likeness (QED) is 0.765. The highest BCUT2D eigenvalue weighted by Crippen LogP contribution is 2.40. The summed E-state index contributed by atoms with van der Waals surface area (Å²) in [4.78, 5) is 11.2. The molecule has 3 heteroatoms. The number of rotatable bonds is 2. The Bertz CT molecular complexity index is 424. The maximum absolute atomic E-state index is 11.2. The van der Waals surface area contributed by atoms with Crippen molar-refractivity contribution in [2.45, 2.75) is 25.3 Å². The van der Waals surface area contributed by atoms with Gasteiger partial charge < -0.3 is 11.1 Å². The van der Waals surface area contributed by atoms with E-state index in [-0.39, 0.29) is 11.9 Å². The van der Waals surface area contributed by atoms with E-state index in [0.29, 0.717) is 12.3 Å². The first-order chi connectivity index (χ1) is 7.24. The number of carbonyl (C=O) groups excluding carboxylic acids is 1. The summed E-state index contributed by atoms with van der Waals surface area (Å²) >= 11 is 0. The summed E-state index contributed by atoms with van der Waals surface area (Å²) in [5, 5.41) is 2.83. The zero-order chi connectivity index (χ0) is 10.4. The highest BCUT2D eigenvalue weighted by atomic mass is 16.1. The maximum Gasteiger partial charge on any atom is 0.228 e. The van der Waals surface area contributed by atoms with Gasteiger partial charge in [0.15, 0.2) is 0 Å². The van der Waals surface area contributed by atoms with E-state index >= 15 is 0 Å². The Morgan fingerprint density at radius 2 is 2.20 bits per heavy atom. The summed E-state index contributed by atoms with van der Waals surface area (Å²) in [5.74, 6) is 0.746. The molecule has 2 aliphatic rings. The Morgan fingerprint density at radius 3 is 2.93 bits per heavy atom. The van der Waals surface area contributed by atoms with Gasteiger partial charge in [0.2, 0.25) is 5.91 Å². The Balaban J connectivity index is 1.92. The van der Waals surface area contributed by atoms with E-state index < -0.39 is 0 Å². The molecule has 1 saturated carbocycles. The van der Waals surface area contributed by atoms with Crippen molar-refractivity contribution in [2.24, 2.45) is 11.7 Å². The maximum atomic E-state index is 11.2. The molecule has 0 aromatic heterocycles. The number of fused-ring (bicyclic) bond motifs is 1. The summed E-state index contributed by atoms with van der Waals surface area (Å²) in [6, 6.07) is 6.24. The molecule has 0 saturated heterocycles. The third kappa shape index (κ3) is 1.53. The molecule has 3 nitrogen and oxygen atoms in total. The Labute approximate surface area is 88.7 Å². The molecule has 1 aromatic rings. The van der Waals surface area contributed by atoms with E-state index in [1.165, 1.54) is 18.4 Å². The molecule has 1 aromatic carbocycles. The van der Waals surface area contributed by atoms with Crippen LogP contribution >= 0.6 is 0 Å². The van der Waals surface area contributed by atoms with E-state index in [9.17, 15) is 4.79 Å². The van der Waals surface area contributed by atoms with Gasteiger partial charge in [-0.2, -0.15) is 0 Å². The fourth-order valence-electron chi connectivity index (χ4n) is 2.18. The lowest BCUT2D eigenvalue weighted by molar-refractivity contribution is -0.115. The number of anilines is 1. The van der Waals surface area contributed by atoms with Gasteiger partial charge in [0.25, 0.3) is 0 Å². The van der Waals surface area contributed by atoms with Crippen LogP contribution in [0.4, 0.5) is 5.69 Å². The lowest BCUT2D eigenvalue weighted by Crippen LogP contribution is -2.12. The smallest absolute Gasteiger partial charge is 0.228 e. The van der Waals surface area contributed by atoms with Gasteiger partial charge >= 0.3 is 0 Å². The van der Waals surface area contributed by atoms with Gasteiger partial charge in [0.1, 0.15) is 0 Å². The fourth-order valence-corrected chi connectivity index (χ4v) is 2.18. The van der Waals surface area contributed by atoms with Crippen LogP contribution in [0.5, 0.6) is 0 Å². The van der Waals surface area contributed by atoms with Crippen LogP contribution in [0.2, 0.25) is 0 Å². The van der Waals surface area contributed by atoms with Crippen LogP contribution in [-0.4, -0.2) is 5.91 Å². The molecule has 1 heterocycles. The van der Waals surface area contributed by atoms with E-state index in [1.54, 1.807) is 0 Å². The van der Waals surface area contributed by atoms with Crippen LogP contribution in [0.25, 0.3) is 0 Å². The van der Waals surface area contributed by atoms with E-state index in [4.69, 9.17) is 5.73 Å². The Kier molecular flexibility index (Phi) is 1.83. The lowest BCUT2D eigenvalue weighted by atomic mass is 10.00. The van der Waals surface area contributed by atoms with Crippen molar-refractivity contribution in [2.75, 3.05) is 5.32 Å².